The lowest BCUT2D eigenvalue weighted by Crippen LogP contribution is -2.24. The van der Waals surface area contributed by atoms with E-state index in [4.69, 9.17) is 4.52 Å². The van der Waals surface area contributed by atoms with Crippen molar-refractivity contribution in [2.75, 3.05) is 11.9 Å². The van der Waals surface area contributed by atoms with Crippen molar-refractivity contribution < 1.29 is 17.7 Å². The van der Waals surface area contributed by atoms with Crippen LogP contribution in [0.2, 0.25) is 0 Å². The van der Waals surface area contributed by atoms with Crippen LogP contribution < -0.4 is 10.0 Å². The Morgan fingerprint density at radius 1 is 1.24 bits per heavy atom. The van der Waals surface area contributed by atoms with Gasteiger partial charge in [0.1, 0.15) is 11.4 Å². The second-order valence-electron chi connectivity index (χ2n) is 5.49. The van der Waals surface area contributed by atoms with Gasteiger partial charge in [-0.05, 0) is 37.1 Å². The fourth-order valence-corrected chi connectivity index (χ4v) is 3.21. The van der Waals surface area contributed by atoms with E-state index >= 15 is 0 Å². The number of carbonyl (C=O) groups excluding carboxylic acids is 1. The lowest BCUT2D eigenvalue weighted by Gasteiger charge is -2.05. The largest absolute Gasteiger partial charge is 0.354 e. The van der Waals surface area contributed by atoms with E-state index in [1.807, 2.05) is 6.92 Å². The van der Waals surface area contributed by atoms with E-state index in [0.29, 0.717) is 23.7 Å². The molecule has 1 amide bonds. The van der Waals surface area contributed by atoms with Crippen molar-refractivity contribution in [3.63, 3.8) is 0 Å². The van der Waals surface area contributed by atoms with Crippen molar-refractivity contribution in [3.05, 3.63) is 41.3 Å². The highest BCUT2D eigenvalue weighted by atomic mass is 32.2. The minimum absolute atomic E-state index is 0.213. The lowest BCUT2D eigenvalue weighted by atomic mass is 10.2. The third kappa shape index (κ3) is 5.01. The summed E-state index contributed by atoms with van der Waals surface area (Å²) in [5, 5.41) is 6.50. The van der Waals surface area contributed by atoms with Gasteiger partial charge in [-0.3, -0.25) is 4.79 Å². The van der Waals surface area contributed by atoms with Crippen molar-refractivity contribution >= 4 is 33.8 Å². The summed E-state index contributed by atoms with van der Waals surface area (Å²) in [5.74, 6) is 0.212. The number of benzene rings is 1. The average Bonchev–Trinajstić information content (AvgIpc) is 2.91. The number of hydrogen-bond acceptors (Lipinski definition) is 5. The number of nitrogens with one attached hydrogen (secondary N) is 2. The Labute approximate surface area is 147 Å². The molecule has 0 atom stereocenters. The highest BCUT2D eigenvalue weighted by Gasteiger charge is 2.13. The van der Waals surface area contributed by atoms with Crippen LogP contribution in [0.1, 0.15) is 37.3 Å². The van der Waals surface area contributed by atoms with Crippen LogP contribution in [0.5, 0.6) is 0 Å². The van der Waals surface area contributed by atoms with E-state index in [1.165, 1.54) is 19.1 Å². The van der Waals surface area contributed by atoms with Crippen molar-refractivity contribution in [3.8, 4) is 0 Å². The summed E-state index contributed by atoms with van der Waals surface area (Å²) in [6.45, 7) is 5.44. The summed E-state index contributed by atoms with van der Waals surface area (Å²) in [6, 6.07) is 6.46. The number of aryl methyl sites for hydroxylation is 1. The van der Waals surface area contributed by atoms with Gasteiger partial charge in [-0.1, -0.05) is 30.3 Å². The smallest absolute Gasteiger partial charge is 0.240 e. The minimum Gasteiger partial charge on any atom is -0.354 e. The number of hydrogen-bond donors (Lipinski definition) is 2. The SMILES string of the molecule is CCCNS(=O)(=O)c1ccc(C=Cc2onc(C)c2NC(C)=O)cc1. The van der Waals surface area contributed by atoms with Crippen LogP contribution in [0.25, 0.3) is 12.2 Å². The first-order valence-electron chi connectivity index (χ1n) is 7.85. The second kappa shape index (κ2) is 8.09. The average molecular weight is 363 g/mol. The molecule has 2 aromatic rings. The number of sulfonamides is 1. The Kier molecular flexibility index (Phi) is 6.11. The van der Waals surface area contributed by atoms with E-state index in [1.54, 1.807) is 31.2 Å². The summed E-state index contributed by atoms with van der Waals surface area (Å²) in [7, 11) is -3.47. The molecule has 25 heavy (non-hydrogen) atoms. The molecular formula is C17H21N3O4S. The number of rotatable bonds is 7. The van der Waals surface area contributed by atoms with Crippen LogP contribution in [0.4, 0.5) is 5.69 Å². The first-order valence-corrected chi connectivity index (χ1v) is 9.33. The summed E-state index contributed by atoms with van der Waals surface area (Å²) >= 11 is 0. The molecule has 0 saturated heterocycles. The van der Waals surface area contributed by atoms with Gasteiger partial charge in [0.15, 0.2) is 5.76 Å². The summed E-state index contributed by atoms with van der Waals surface area (Å²) < 4.78 is 31.8. The molecule has 134 valence electrons. The highest BCUT2D eigenvalue weighted by molar-refractivity contribution is 7.89. The van der Waals surface area contributed by atoms with Crippen LogP contribution in [-0.4, -0.2) is 26.0 Å². The van der Waals surface area contributed by atoms with Gasteiger partial charge >= 0.3 is 0 Å². The van der Waals surface area contributed by atoms with Gasteiger partial charge < -0.3 is 9.84 Å². The van der Waals surface area contributed by atoms with Gasteiger partial charge in [0.05, 0.1) is 4.90 Å². The van der Waals surface area contributed by atoms with E-state index in [-0.39, 0.29) is 10.8 Å². The molecular weight excluding hydrogens is 342 g/mol. The zero-order chi connectivity index (χ0) is 18.4. The van der Waals surface area contributed by atoms with Gasteiger partial charge in [-0.15, -0.1) is 0 Å². The fourth-order valence-electron chi connectivity index (χ4n) is 2.08. The minimum atomic E-state index is -3.47. The van der Waals surface area contributed by atoms with E-state index in [9.17, 15) is 13.2 Å². The number of nitrogens with zero attached hydrogens (tertiary/aromatic N) is 1. The monoisotopic (exact) mass is 363 g/mol. The molecule has 0 fully saturated rings. The number of anilines is 1. The van der Waals surface area contributed by atoms with Gasteiger partial charge in [0, 0.05) is 13.5 Å². The normalized spacial score (nSPS) is 11.8. The topological polar surface area (TPSA) is 101 Å². The lowest BCUT2D eigenvalue weighted by molar-refractivity contribution is -0.114. The van der Waals surface area contributed by atoms with Crippen LogP contribution in [0.15, 0.2) is 33.7 Å². The van der Waals surface area contributed by atoms with E-state index in [0.717, 1.165) is 12.0 Å². The third-order valence-electron chi connectivity index (χ3n) is 3.35. The van der Waals surface area contributed by atoms with Crippen LogP contribution in [0.3, 0.4) is 0 Å². The number of amides is 1. The molecule has 0 saturated carbocycles. The summed E-state index contributed by atoms with van der Waals surface area (Å²) in [6.07, 6.45) is 4.15. The summed E-state index contributed by atoms with van der Waals surface area (Å²) in [4.78, 5) is 11.4. The zero-order valence-corrected chi connectivity index (χ0v) is 15.2. The van der Waals surface area contributed by atoms with Gasteiger partial charge in [0.25, 0.3) is 0 Å². The number of aromatic nitrogens is 1. The molecule has 0 unspecified atom stereocenters. The van der Waals surface area contributed by atoms with Crippen molar-refractivity contribution in [2.24, 2.45) is 0 Å². The molecule has 0 bridgehead atoms. The first-order chi connectivity index (χ1) is 11.8. The van der Waals surface area contributed by atoms with Crippen LogP contribution in [-0.2, 0) is 14.8 Å². The Morgan fingerprint density at radius 3 is 2.52 bits per heavy atom. The standard InChI is InChI=1S/C17H21N3O4S/c1-4-11-18-25(22,23)15-8-5-14(6-9-15)7-10-16-17(19-13(3)21)12(2)20-24-16/h5-10,18H,4,11H2,1-3H3,(H,19,21). The molecule has 2 rings (SSSR count). The van der Waals surface area contributed by atoms with Gasteiger partial charge in [-0.25, -0.2) is 13.1 Å². The molecule has 7 nitrogen and oxygen atoms in total. The van der Waals surface area contributed by atoms with Crippen molar-refractivity contribution in [1.29, 1.82) is 0 Å². The Balaban J connectivity index is 2.17. The zero-order valence-electron chi connectivity index (χ0n) is 14.4. The molecule has 0 aliphatic carbocycles. The Bertz CT molecular complexity index is 868. The first kappa shape index (κ1) is 18.9. The highest BCUT2D eigenvalue weighted by Crippen LogP contribution is 2.22. The second-order valence-corrected chi connectivity index (χ2v) is 7.26. The van der Waals surface area contributed by atoms with Crippen molar-refractivity contribution in [1.82, 2.24) is 9.88 Å². The Hall–Kier alpha value is -2.45. The predicted molar refractivity (Wildman–Crippen MR) is 96.4 cm³/mol. The van der Waals surface area contributed by atoms with Gasteiger partial charge in [-0.2, -0.15) is 0 Å². The molecule has 0 spiro atoms. The van der Waals surface area contributed by atoms with Crippen molar-refractivity contribution in [2.45, 2.75) is 32.1 Å². The molecule has 0 aliphatic rings. The maximum absolute atomic E-state index is 12.0. The van der Waals surface area contributed by atoms with E-state index < -0.39 is 10.0 Å². The quantitative estimate of drug-likeness (QED) is 0.788. The van der Waals surface area contributed by atoms with Crippen LogP contribution >= 0.6 is 0 Å². The molecule has 1 aromatic heterocycles. The maximum atomic E-state index is 12.0. The Morgan fingerprint density at radius 2 is 1.92 bits per heavy atom. The van der Waals surface area contributed by atoms with Crippen LogP contribution in [0, 0.1) is 6.92 Å². The maximum Gasteiger partial charge on any atom is 0.240 e. The third-order valence-corrected chi connectivity index (χ3v) is 4.83. The predicted octanol–water partition coefficient (Wildman–Crippen LogP) is 2.80. The molecule has 0 aliphatic heterocycles. The molecule has 1 heterocycles. The molecule has 1 aromatic carbocycles. The molecule has 2 N–H and O–H groups in total. The fraction of sp³-hybridized carbons (Fsp3) is 0.294. The van der Waals surface area contributed by atoms with E-state index in [2.05, 4.69) is 15.2 Å². The number of carbonyl (C=O) groups is 1. The molecule has 0 radical (unpaired) electrons. The van der Waals surface area contributed by atoms with Gasteiger partial charge in [0.2, 0.25) is 15.9 Å². The summed E-state index contributed by atoms with van der Waals surface area (Å²) in [5.41, 5.74) is 1.89. The molecule has 8 heteroatoms.